The van der Waals surface area contributed by atoms with E-state index < -0.39 is 5.97 Å². The maximum Gasteiger partial charge on any atom is 0.305 e. The van der Waals surface area contributed by atoms with E-state index in [0.717, 1.165) is 49.6 Å². The van der Waals surface area contributed by atoms with E-state index >= 15 is 0 Å². The van der Waals surface area contributed by atoms with E-state index in [1.165, 1.54) is 23.8 Å². The smallest absolute Gasteiger partial charge is 0.305 e. The lowest BCUT2D eigenvalue weighted by Gasteiger charge is -2.11. The summed E-state index contributed by atoms with van der Waals surface area (Å²) in [7, 11) is 0. The van der Waals surface area contributed by atoms with Gasteiger partial charge >= 0.3 is 5.97 Å². The number of carbonyl (C=O) groups is 2. The van der Waals surface area contributed by atoms with Crippen molar-refractivity contribution < 1.29 is 38.4 Å². The zero-order valence-corrected chi connectivity index (χ0v) is 27.7. The summed E-state index contributed by atoms with van der Waals surface area (Å²) >= 11 is 0. The number of benzene rings is 1. The molecule has 256 valence electrons. The number of anilines is 1. The number of carbonyl (C=O) groups excluding carboxylic acids is 1. The summed E-state index contributed by atoms with van der Waals surface area (Å²) in [4.78, 5) is 27.1. The molecule has 2 aromatic rings. The first kappa shape index (κ1) is 40.5. The van der Waals surface area contributed by atoms with Gasteiger partial charge in [0.2, 0.25) is 5.91 Å². The molecule has 1 aromatic carbocycles. The van der Waals surface area contributed by atoms with Crippen LogP contribution in [0, 0.1) is 0 Å². The molecule has 0 spiro atoms. The minimum atomic E-state index is -0.876. The summed E-state index contributed by atoms with van der Waals surface area (Å²) in [5, 5.41) is 12.7. The van der Waals surface area contributed by atoms with E-state index in [1.54, 1.807) is 0 Å². The van der Waals surface area contributed by atoms with Crippen LogP contribution in [0.4, 0.5) is 5.82 Å². The first-order valence-corrected chi connectivity index (χ1v) is 16.1. The highest BCUT2D eigenvalue weighted by atomic mass is 35.5. The molecular weight excluding hydrogens is 602 g/mol. The highest BCUT2D eigenvalue weighted by molar-refractivity contribution is 5.85. The standard InChI is InChI=1S/C33H53N3O8.ClH/c1-2-3-5-10-28-26-29-27(11-8-12-30(29)36-33(28)34)9-6-4-7-15-35-31(37)13-16-40-18-20-42-22-24-44-25-23-43-21-19-41-17-14-32(38)39;/h8,11-12,26H,2-7,9-10,13-25H2,1H3,(H2,34,36)(H,35,37)(H,38,39);1H. The Hall–Kier alpha value is -2.54. The van der Waals surface area contributed by atoms with Gasteiger partial charge in [0.25, 0.3) is 0 Å². The number of nitrogens with zero attached hydrogens (tertiary/aromatic N) is 1. The molecule has 2 rings (SSSR count). The number of hydrogen-bond acceptors (Lipinski definition) is 9. The molecule has 0 radical (unpaired) electrons. The second kappa shape index (κ2) is 26.7. The molecule has 1 amide bonds. The predicted octanol–water partition coefficient (Wildman–Crippen LogP) is 4.75. The first-order chi connectivity index (χ1) is 21.5. The first-order valence-electron chi connectivity index (χ1n) is 16.1. The summed E-state index contributed by atoms with van der Waals surface area (Å²) in [6, 6.07) is 8.51. The van der Waals surface area contributed by atoms with Gasteiger partial charge in [0.05, 0.1) is 78.0 Å². The maximum absolute atomic E-state index is 12.1. The van der Waals surface area contributed by atoms with Gasteiger partial charge in [0, 0.05) is 18.4 Å². The molecule has 0 saturated heterocycles. The third-order valence-electron chi connectivity index (χ3n) is 6.98. The van der Waals surface area contributed by atoms with Crippen LogP contribution in [-0.2, 0) is 46.1 Å². The normalized spacial score (nSPS) is 11.0. The average Bonchev–Trinajstić information content (AvgIpc) is 3.00. The van der Waals surface area contributed by atoms with Crippen molar-refractivity contribution in [3.05, 3.63) is 35.4 Å². The van der Waals surface area contributed by atoms with Gasteiger partial charge in [-0.2, -0.15) is 0 Å². The zero-order valence-electron chi connectivity index (χ0n) is 26.9. The summed E-state index contributed by atoms with van der Waals surface area (Å²) in [6.07, 6.45) is 8.84. The lowest BCUT2D eigenvalue weighted by atomic mass is 9.99. The number of nitrogens with one attached hydrogen (secondary N) is 1. The fourth-order valence-corrected chi connectivity index (χ4v) is 4.54. The number of halogens is 1. The molecule has 4 N–H and O–H groups in total. The topological polar surface area (TPSA) is 151 Å². The van der Waals surface area contributed by atoms with Crippen LogP contribution in [0.1, 0.15) is 69.4 Å². The molecule has 45 heavy (non-hydrogen) atoms. The van der Waals surface area contributed by atoms with Crippen molar-refractivity contribution in [3.63, 3.8) is 0 Å². The van der Waals surface area contributed by atoms with E-state index in [4.69, 9.17) is 34.5 Å². The van der Waals surface area contributed by atoms with Crippen molar-refractivity contribution >= 4 is 41.0 Å². The number of unbranched alkanes of at least 4 members (excludes halogenated alkanes) is 4. The largest absolute Gasteiger partial charge is 0.481 e. The van der Waals surface area contributed by atoms with E-state index in [2.05, 4.69) is 35.4 Å². The lowest BCUT2D eigenvalue weighted by Crippen LogP contribution is -2.25. The maximum atomic E-state index is 12.1. The fraction of sp³-hybridized carbons (Fsp3) is 0.667. The van der Waals surface area contributed by atoms with E-state index in [9.17, 15) is 9.59 Å². The van der Waals surface area contributed by atoms with Crippen LogP contribution in [0.3, 0.4) is 0 Å². The van der Waals surface area contributed by atoms with Gasteiger partial charge in [-0.15, -0.1) is 12.4 Å². The second-order valence-electron chi connectivity index (χ2n) is 10.6. The van der Waals surface area contributed by atoms with Gasteiger partial charge in [0.15, 0.2) is 0 Å². The quantitative estimate of drug-likeness (QED) is 0.110. The Kier molecular flexibility index (Phi) is 24.0. The van der Waals surface area contributed by atoms with Crippen LogP contribution in [0.25, 0.3) is 10.9 Å². The van der Waals surface area contributed by atoms with Crippen LogP contribution in [-0.4, -0.2) is 94.6 Å². The summed E-state index contributed by atoms with van der Waals surface area (Å²) in [6.45, 7) is 6.84. The predicted molar refractivity (Wildman–Crippen MR) is 178 cm³/mol. The van der Waals surface area contributed by atoms with Gasteiger partial charge in [0.1, 0.15) is 5.82 Å². The minimum absolute atomic E-state index is 0. The Bertz CT molecular complexity index is 1080. The Morgan fingerprint density at radius 2 is 1.31 bits per heavy atom. The van der Waals surface area contributed by atoms with Gasteiger partial charge < -0.3 is 39.8 Å². The van der Waals surface area contributed by atoms with Crippen LogP contribution in [0.5, 0.6) is 0 Å². The monoisotopic (exact) mass is 655 g/mol. The summed E-state index contributed by atoms with van der Waals surface area (Å²) in [5.74, 6) is -0.224. The highest BCUT2D eigenvalue weighted by Crippen LogP contribution is 2.24. The molecule has 0 unspecified atom stereocenters. The van der Waals surface area contributed by atoms with Crippen LogP contribution in [0.2, 0.25) is 0 Å². The van der Waals surface area contributed by atoms with Crippen molar-refractivity contribution in [2.45, 2.75) is 71.1 Å². The molecular formula is C33H54ClN3O8. The van der Waals surface area contributed by atoms with E-state index in [1.807, 2.05) is 6.07 Å². The average molecular weight is 656 g/mol. The number of ether oxygens (including phenoxy) is 5. The zero-order chi connectivity index (χ0) is 31.7. The Labute approximate surface area is 274 Å². The van der Waals surface area contributed by atoms with Crippen molar-refractivity contribution in [2.75, 3.05) is 78.3 Å². The number of fused-ring (bicyclic) bond motifs is 1. The van der Waals surface area contributed by atoms with E-state index in [-0.39, 0.29) is 31.3 Å². The van der Waals surface area contributed by atoms with Gasteiger partial charge in [-0.05, 0) is 55.4 Å². The van der Waals surface area contributed by atoms with Crippen molar-refractivity contribution in [3.8, 4) is 0 Å². The third kappa shape index (κ3) is 19.6. The van der Waals surface area contributed by atoms with E-state index in [0.29, 0.717) is 78.2 Å². The summed E-state index contributed by atoms with van der Waals surface area (Å²) in [5.41, 5.74) is 9.64. The number of rotatable bonds is 28. The van der Waals surface area contributed by atoms with Gasteiger partial charge in [-0.1, -0.05) is 38.3 Å². The molecule has 0 bridgehead atoms. The molecule has 1 aromatic heterocycles. The molecule has 0 atom stereocenters. The number of aliphatic carboxylic acids is 1. The second-order valence-corrected chi connectivity index (χ2v) is 10.6. The van der Waals surface area contributed by atoms with Gasteiger partial charge in [-0.3, -0.25) is 9.59 Å². The number of hydrogen-bond donors (Lipinski definition) is 3. The van der Waals surface area contributed by atoms with Crippen molar-refractivity contribution in [1.29, 1.82) is 0 Å². The summed E-state index contributed by atoms with van der Waals surface area (Å²) < 4.78 is 26.8. The molecule has 12 heteroatoms. The van der Waals surface area contributed by atoms with Crippen LogP contribution < -0.4 is 11.1 Å². The Morgan fingerprint density at radius 1 is 0.756 bits per heavy atom. The van der Waals surface area contributed by atoms with Crippen molar-refractivity contribution in [2.24, 2.45) is 0 Å². The Balaban J connectivity index is 0.0000101. The number of amides is 1. The number of aromatic nitrogens is 1. The fourth-order valence-electron chi connectivity index (χ4n) is 4.54. The minimum Gasteiger partial charge on any atom is -0.481 e. The molecule has 0 aliphatic carbocycles. The molecule has 0 aliphatic rings. The molecule has 0 fully saturated rings. The number of carboxylic acid groups (broad SMARTS) is 1. The molecule has 11 nitrogen and oxygen atoms in total. The number of pyridine rings is 1. The van der Waals surface area contributed by atoms with Crippen LogP contribution >= 0.6 is 12.4 Å². The molecule has 0 aliphatic heterocycles. The van der Waals surface area contributed by atoms with Gasteiger partial charge in [-0.25, -0.2) is 4.98 Å². The number of carboxylic acids is 1. The number of nitrogen functional groups attached to an aromatic ring is 1. The Morgan fingerprint density at radius 3 is 1.91 bits per heavy atom. The van der Waals surface area contributed by atoms with Crippen molar-refractivity contribution in [1.82, 2.24) is 10.3 Å². The molecule has 1 heterocycles. The lowest BCUT2D eigenvalue weighted by molar-refractivity contribution is -0.138. The SMILES string of the molecule is CCCCCc1cc2c(CCCCCNC(=O)CCOCCOCCOCCOCCOCCC(=O)O)cccc2nc1N.Cl. The highest BCUT2D eigenvalue weighted by Gasteiger charge is 2.08. The van der Waals surface area contributed by atoms with Crippen LogP contribution in [0.15, 0.2) is 24.3 Å². The number of nitrogens with two attached hydrogens (primary N) is 1. The third-order valence-corrected chi connectivity index (χ3v) is 6.98. The molecule has 0 saturated carbocycles. The number of aryl methyl sites for hydroxylation is 2.